The lowest BCUT2D eigenvalue weighted by Gasteiger charge is -2.26. The first-order chi connectivity index (χ1) is 7.68. The molecule has 1 rings (SSSR count). The van der Waals surface area contributed by atoms with Crippen LogP contribution in [0, 0.1) is 0 Å². The summed E-state index contributed by atoms with van der Waals surface area (Å²) in [6.07, 6.45) is 1.19. The minimum absolute atomic E-state index is 0.310. The molecule has 0 bridgehead atoms. The molecule has 0 saturated heterocycles. The largest absolute Gasteiger partial charge is 0.374 e. The van der Waals surface area contributed by atoms with Crippen LogP contribution in [0.5, 0.6) is 0 Å². The summed E-state index contributed by atoms with van der Waals surface area (Å²) < 4.78 is 28.0. The second-order valence-corrected chi connectivity index (χ2v) is 6.51. The Kier molecular flexibility index (Phi) is 3.79. The molecule has 3 nitrogen and oxygen atoms in total. The maximum Gasteiger partial charge on any atom is 0.175 e. The van der Waals surface area contributed by atoms with Gasteiger partial charge in [-0.3, -0.25) is 0 Å². The zero-order valence-electron chi connectivity index (χ0n) is 10.6. The van der Waals surface area contributed by atoms with Crippen LogP contribution < -0.4 is 0 Å². The lowest BCUT2D eigenvalue weighted by molar-refractivity contribution is 0.0747. The number of rotatable bonds is 4. The van der Waals surface area contributed by atoms with E-state index >= 15 is 0 Å². The molecule has 94 valence electrons. The van der Waals surface area contributed by atoms with E-state index in [4.69, 9.17) is 4.74 Å². The fourth-order valence-electron chi connectivity index (χ4n) is 1.37. The minimum Gasteiger partial charge on any atom is -0.374 e. The van der Waals surface area contributed by atoms with Gasteiger partial charge in [0.2, 0.25) is 0 Å². The third-order valence-electron chi connectivity index (χ3n) is 2.87. The predicted molar refractivity (Wildman–Crippen MR) is 69.7 cm³/mol. The molecule has 0 fully saturated rings. The molecule has 4 heteroatoms. The van der Waals surface area contributed by atoms with Crippen molar-refractivity contribution in [1.29, 1.82) is 0 Å². The number of sulfone groups is 1. The molecule has 0 amide bonds. The van der Waals surface area contributed by atoms with Gasteiger partial charge in [-0.15, -0.1) is 0 Å². The van der Waals surface area contributed by atoms with Crippen molar-refractivity contribution in [1.82, 2.24) is 0 Å². The molecule has 0 atom stereocenters. The van der Waals surface area contributed by atoms with Crippen molar-refractivity contribution in [2.24, 2.45) is 0 Å². The number of methoxy groups -OCH3 is 1. The molecule has 0 heterocycles. The standard InChI is InChI=1S/C13H18O3S/c1-10(13(2,3)16-4)11-6-8-12(9-7-11)17(5,14)15/h6-9H,1H2,2-5H3. The highest BCUT2D eigenvalue weighted by Gasteiger charge is 2.22. The quantitative estimate of drug-likeness (QED) is 0.829. The highest BCUT2D eigenvalue weighted by atomic mass is 32.2. The minimum atomic E-state index is -3.15. The summed E-state index contributed by atoms with van der Waals surface area (Å²) in [5, 5.41) is 0. The van der Waals surface area contributed by atoms with Gasteiger partial charge in [-0.05, 0) is 37.1 Å². The first kappa shape index (κ1) is 13.9. The van der Waals surface area contributed by atoms with Crippen molar-refractivity contribution >= 4 is 15.4 Å². The van der Waals surface area contributed by atoms with Gasteiger partial charge >= 0.3 is 0 Å². The van der Waals surface area contributed by atoms with Gasteiger partial charge in [-0.2, -0.15) is 0 Å². The molecular weight excluding hydrogens is 236 g/mol. The van der Waals surface area contributed by atoms with Crippen molar-refractivity contribution in [3.8, 4) is 0 Å². The Balaban J connectivity index is 3.09. The smallest absolute Gasteiger partial charge is 0.175 e. The molecule has 0 N–H and O–H groups in total. The monoisotopic (exact) mass is 254 g/mol. The average molecular weight is 254 g/mol. The maximum atomic E-state index is 11.3. The number of ether oxygens (including phenoxy) is 1. The van der Waals surface area contributed by atoms with Crippen molar-refractivity contribution < 1.29 is 13.2 Å². The van der Waals surface area contributed by atoms with Crippen LogP contribution in [0.2, 0.25) is 0 Å². The topological polar surface area (TPSA) is 43.4 Å². The van der Waals surface area contributed by atoms with Crippen LogP contribution in [-0.4, -0.2) is 27.4 Å². The lowest BCUT2D eigenvalue weighted by Crippen LogP contribution is -2.23. The first-order valence-corrected chi connectivity index (χ1v) is 7.12. The van der Waals surface area contributed by atoms with Crippen LogP contribution in [0.15, 0.2) is 35.7 Å². The Morgan fingerprint density at radius 3 is 2.06 bits per heavy atom. The average Bonchev–Trinajstić information content (AvgIpc) is 2.27. The van der Waals surface area contributed by atoms with E-state index in [1.165, 1.54) is 6.26 Å². The molecule has 0 radical (unpaired) electrons. The van der Waals surface area contributed by atoms with Gasteiger partial charge in [0.25, 0.3) is 0 Å². The Morgan fingerprint density at radius 2 is 1.71 bits per heavy atom. The van der Waals surface area contributed by atoms with E-state index in [9.17, 15) is 8.42 Å². The lowest BCUT2D eigenvalue weighted by atomic mass is 9.93. The molecule has 17 heavy (non-hydrogen) atoms. The van der Waals surface area contributed by atoms with E-state index in [0.717, 1.165) is 11.1 Å². The first-order valence-electron chi connectivity index (χ1n) is 5.23. The zero-order chi connectivity index (χ0) is 13.3. The number of hydrogen-bond acceptors (Lipinski definition) is 3. The van der Waals surface area contributed by atoms with Crippen molar-refractivity contribution in [3.63, 3.8) is 0 Å². The maximum absolute atomic E-state index is 11.3. The fourth-order valence-corrected chi connectivity index (χ4v) is 2.00. The van der Waals surface area contributed by atoms with Gasteiger partial charge in [0.15, 0.2) is 9.84 Å². The fraction of sp³-hybridized carbons (Fsp3) is 0.385. The molecule has 0 saturated carbocycles. The van der Waals surface area contributed by atoms with E-state index < -0.39 is 15.4 Å². The molecule has 0 aliphatic carbocycles. The van der Waals surface area contributed by atoms with Gasteiger partial charge in [0, 0.05) is 13.4 Å². The van der Waals surface area contributed by atoms with E-state index in [1.54, 1.807) is 31.4 Å². The van der Waals surface area contributed by atoms with Crippen LogP contribution in [0.1, 0.15) is 19.4 Å². The second kappa shape index (κ2) is 4.63. The normalized spacial score (nSPS) is 12.5. The van der Waals surface area contributed by atoms with Gasteiger partial charge in [0.05, 0.1) is 10.5 Å². The second-order valence-electron chi connectivity index (χ2n) is 4.49. The van der Waals surface area contributed by atoms with Crippen LogP contribution in [-0.2, 0) is 14.6 Å². The highest BCUT2D eigenvalue weighted by Crippen LogP contribution is 2.28. The summed E-state index contributed by atoms with van der Waals surface area (Å²) in [5.74, 6) is 0. The van der Waals surface area contributed by atoms with Gasteiger partial charge in [-0.1, -0.05) is 18.7 Å². The molecule has 0 spiro atoms. The third-order valence-corrected chi connectivity index (χ3v) is 4.00. The van der Waals surface area contributed by atoms with E-state index in [-0.39, 0.29) is 0 Å². The highest BCUT2D eigenvalue weighted by molar-refractivity contribution is 7.90. The SMILES string of the molecule is C=C(c1ccc(S(C)(=O)=O)cc1)C(C)(C)OC. The molecule has 1 aromatic rings. The van der Waals surface area contributed by atoms with E-state index in [1.807, 2.05) is 13.8 Å². The molecule has 0 aliphatic heterocycles. The molecule has 0 aliphatic rings. The summed E-state index contributed by atoms with van der Waals surface area (Å²) in [7, 11) is -1.53. The van der Waals surface area contributed by atoms with Crippen molar-refractivity contribution in [2.45, 2.75) is 24.3 Å². The van der Waals surface area contributed by atoms with Gasteiger partial charge in [-0.25, -0.2) is 8.42 Å². The number of hydrogen-bond donors (Lipinski definition) is 0. The van der Waals surface area contributed by atoms with E-state index in [2.05, 4.69) is 6.58 Å². The van der Waals surface area contributed by atoms with Crippen LogP contribution in [0.25, 0.3) is 5.57 Å². The summed E-state index contributed by atoms with van der Waals surface area (Å²) >= 11 is 0. The van der Waals surface area contributed by atoms with Crippen LogP contribution in [0.3, 0.4) is 0 Å². The Hall–Kier alpha value is -1.13. The van der Waals surface area contributed by atoms with Crippen molar-refractivity contribution in [3.05, 3.63) is 36.4 Å². The van der Waals surface area contributed by atoms with E-state index in [0.29, 0.717) is 4.90 Å². The Bertz CT molecular complexity index is 510. The molecule has 1 aromatic carbocycles. The van der Waals surface area contributed by atoms with Gasteiger partial charge in [0.1, 0.15) is 0 Å². The van der Waals surface area contributed by atoms with Crippen molar-refractivity contribution in [2.75, 3.05) is 13.4 Å². The molecular formula is C13H18O3S. The summed E-state index contributed by atoms with van der Waals surface area (Å²) in [6, 6.07) is 6.67. The molecule has 0 unspecified atom stereocenters. The zero-order valence-corrected chi connectivity index (χ0v) is 11.5. The predicted octanol–water partition coefficient (Wildman–Crippen LogP) is 2.53. The van der Waals surface area contributed by atoms with Gasteiger partial charge < -0.3 is 4.74 Å². The number of benzene rings is 1. The van der Waals surface area contributed by atoms with Crippen LogP contribution >= 0.6 is 0 Å². The summed E-state index contributed by atoms with van der Waals surface area (Å²) in [6.45, 7) is 7.82. The molecule has 0 aromatic heterocycles. The van der Waals surface area contributed by atoms with Crippen LogP contribution in [0.4, 0.5) is 0 Å². The summed E-state index contributed by atoms with van der Waals surface area (Å²) in [4.78, 5) is 0.310. The summed E-state index contributed by atoms with van der Waals surface area (Å²) in [5.41, 5.74) is 1.23. The Morgan fingerprint density at radius 1 is 1.24 bits per heavy atom. The third kappa shape index (κ3) is 3.17. The Labute approximate surface area is 103 Å².